The minimum Gasteiger partial charge on any atom is -0.376 e. The van der Waals surface area contributed by atoms with Crippen LogP contribution in [0, 0.1) is 0 Å². The molecule has 1 fully saturated rings. The maximum atomic E-state index is 12.1. The summed E-state index contributed by atoms with van der Waals surface area (Å²) in [6, 6.07) is 0. The third-order valence-electron chi connectivity index (χ3n) is 1.93. The maximum absolute atomic E-state index is 12.1. The van der Waals surface area contributed by atoms with Gasteiger partial charge >= 0.3 is 6.30 Å². The van der Waals surface area contributed by atoms with Gasteiger partial charge in [-0.2, -0.15) is 13.2 Å². The van der Waals surface area contributed by atoms with Crippen LogP contribution in [-0.4, -0.2) is 42.3 Å². The molecule has 0 spiro atoms. The normalized spacial score (nSPS) is 25.4. The molecule has 1 aliphatic rings. The zero-order valence-corrected chi connectivity index (χ0v) is 8.57. The SMILES string of the molecule is FC(F)(F)N1CCC(OCCBr)C1. The Morgan fingerprint density at radius 3 is 2.62 bits per heavy atom. The topological polar surface area (TPSA) is 12.5 Å². The van der Waals surface area contributed by atoms with Crippen LogP contribution in [0.1, 0.15) is 6.42 Å². The van der Waals surface area contributed by atoms with E-state index >= 15 is 0 Å². The Kier molecular flexibility index (Phi) is 4.00. The van der Waals surface area contributed by atoms with Crippen molar-refractivity contribution in [1.82, 2.24) is 4.90 Å². The Labute approximate surface area is 83.2 Å². The van der Waals surface area contributed by atoms with Crippen LogP contribution >= 0.6 is 15.9 Å². The van der Waals surface area contributed by atoms with E-state index in [4.69, 9.17) is 4.74 Å². The standard InChI is InChI=1S/C7H11BrF3NO/c8-2-4-13-6-1-3-12(5-6)7(9,10)11/h6H,1-5H2. The number of ether oxygens (including phenoxy) is 1. The second-order valence-corrected chi connectivity index (χ2v) is 3.68. The molecule has 1 saturated heterocycles. The highest BCUT2D eigenvalue weighted by molar-refractivity contribution is 9.09. The predicted molar refractivity (Wildman–Crippen MR) is 45.8 cm³/mol. The molecule has 0 N–H and O–H groups in total. The van der Waals surface area contributed by atoms with E-state index in [1.165, 1.54) is 0 Å². The van der Waals surface area contributed by atoms with Gasteiger partial charge in [0.05, 0.1) is 12.7 Å². The molecule has 0 radical (unpaired) electrons. The van der Waals surface area contributed by atoms with Crippen molar-refractivity contribution in [3.63, 3.8) is 0 Å². The first-order chi connectivity index (χ1) is 6.04. The smallest absolute Gasteiger partial charge is 0.376 e. The minimum atomic E-state index is -4.20. The Bertz CT molecular complexity index is 164. The van der Waals surface area contributed by atoms with Gasteiger partial charge in [0, 0.05) is 18.4 Å². The molecule has 0 aromatic carbocycles. The largest absolute Gasteiger partial charge is 0.460 e. The number of hydrogen-bond acceptors (Lipinski definition) is 2. The fraction of sp³-hybridized carbons (Fsp3) is 1.00. The zero-order valence-electron chi connectivity index (χ0n) is 6.98. The average Bonchev–Trinajstić information content (AvgIpc) is 2.47. The van der Waals surface area contributed by atoms with E-state index in [2.05, 4.69) is 15.9 Å². The van der Waals surface area contributed by atoms with Crippen molar-refractivity contribution < 1.29 is 17.9 Å². The van der Waals surface area contributed by atoms with Crippen LogP contribution in [0.25, 0.3) is 0 Å². The number of nitrogens with zero attached hydrogens (tertiary/aromatic N) is 1. The molecule has 0 aromatic rings. The highest BCUT2D eigenvalue weighted by atomic mass is 79.9. The van der Waals surface area contributed by atoms with Gasteiger partial charge < -0.3 is 4.74 Å². The van der Waals surface area contributed by atoms with Gasteiger partial charge in [0.1, 0.15) is 0 Å². The van der Waals surface area contributed by atoms with Crippen molar-refractivity contribution in [1.29, 1.82) is 0 Å². The van der Waals surface area contributed by atoms with Gasteiger partial charge in [0.25, 0.3) is 0 Å². The molecule has 13 heavy (non-hydrogen) atoms. The highest BCUT2D eigenvalue weighted by Gasteiger charge is 2.41. The van der Waals surface area contributed by atoms with E-state index in [1.54, 1.807) is 0 Å². The molecule has 0 bridgehead atoms. The molecule has 1 atom stereocenters. The van der Waals surface area contributed by atoms with Crippen LogP contribution < -0.4 is 0 Å². The quantitative estimate of drug-likeness (QED) is 0.569. The minimum absolute atomic E-state index is 0.0312. The zero-order chi connectivity index (χ0) is 9.90. The van der Waals surface area contributed by atoms with Crippen LogP contribution in [0.3, 0.4) is 0 Å². The van der Waals surface area contributed by atoms with Crippen LogP contribution in [0.15, 0.2) is 0 Å². The van der Waals surface area contributed by atoms with Gasteiger partial charge in [-0.3, -0.25) is 0 Å². The lowest BCUT2D eigenvalue weighted by atomic mass is 10.3. The van der Waals surface area contributed by atoms with Crippen molar-refractivity contribution in [2.24, 2.45) is 0 Å². The Morgan fingerprint density at radius 2 is 2.15 bits per heavy atom. The number of rotatable bonds is 3. The fourth-order valence-electron chi connectivity index (χ4n) is 1.31. The molecule has 1 rings (SSSR count). The molecule has 78 valence electrons. The monoisotopic (exact) mass is 261 g/mol. The Hall–Kier alpha value is 0.190. The second-order valence-electron chi connectivity index (χ2n) is 2.88. The summed E-state index contributed by atoms with van der Waals surface area (Å²) in [5, 5.41) is 0.662. The third-order valence-corrected chi connectivity index (χ3v) is 2.26. The summed E-state index contributed by atoms with van der Waals surface area (Å²) in [4.78, 5) is 0.492. The highest BCUT2D eigenvalue weighted by Crippen LogP contribution is 2.26. The summed E-state index contributed by atoms with van der Waals surface area (Å²) in [6.07, 6.45) is -4.00. The van der Waals surface area contributed by atoms with Gasteiger partial charge in [-0.15, -0.1) is 0 Å². The lowest BCUT2D eigenvalue weighted by Crippen LogP contribution is -2.36. The molecule has 0 aromatic heterocycles. The summed E-state index contributed by atoms with van der Waals surface area (Å²) in [6.45, 7) is 0.489. The molecule has 0 saturated carbocycles. The lowest BCUT2D eigenvalue weighted by molar-refractivity contribution is -0.240. The number of alkyl halides is 4. The van der Waals surface area contributed by atoms with Crippen LogP contribution in [0.5, 0.6) is 0 Å². The summed E-state index contributed by atoms with van der Waals surface area (Å²) >= 11 is 3.15. The molecular formula is C7H11BrF3NO. The Morgan fingerprint density at radius 1 is 1.46 bits per heavy atom. The van der Waals surface area contributed by atoms with E-state index in [9.17, 15) is 13.2 Å². The first-order valence-electron chi connectivity index (χ1n) is 4.03. The van der Waals surface area contributed by atoms with Gasteiger partial charge in [-0.05, 0) is 6.42 Å². The number of likely N-dealkylation sites (tertiary alicyclic amines) is 1. The predicted octanol–water partition coefficient (Wildman–Crippen LogP) is 1.99. The number of halogens is 4. The maximum Gasteiger partial charge on any atom is 0.460 e. The van der Waals surface area contributed by atoms with Gasteiger partial charge in [0.2, 0.25) is 0 Å². The summed E-state index contributed by atoms with van der Waals surface area (Å²) in [5.74, 6) is 0. The lowest BCUT2D eigenvalue weighted by Gasteiger charge is -2.18. The molecule has 2 nitrogen and oxygen atoms in total. The fourth-order valence-corrected chi connectivity index (χ4v) is 1.49. The van der Waals surface area contributed by atoms with Crippen molar-refractivity contribution >= 4 is 15.9 Å². The number of hydrogen-bond donors (Lipinski definition) is 0. The molecule has 1 unspecified atom stereocenters. The van der Waals surface area contributed by atoms with E-state index in [0.717, 1.165) is 0 Å². The summed E-state index contributed by atoms with van der Waals surface area (Å²) in [7, 11) is 0. The van der Waals surface area contributed by atoms with E-state index in [-0.39, 0.29) is 19.2 Å². The van der Waals surface area contributed by atoms with Gasteiger partial charge in [-0.25, -0.2) is 4.90 Å². The molecule has 1 aliphatic heterocycles. The summed E-state index contributed by atoms with van der Waals surface area (Å²) < 4.78 is 41.5. The molecule has 0 aliphatic carbocycles. The molecule has 0 amide bonds. The van der Waals surface area contributed by atoms with E-state index in [0.29, 0.717) is 23.3 Å². The summed E-state index contributed by atoms with van der Waals surface area (Å²) in [5.41, 5.74) is 0. The third kappa shape index (κ3) is 3.44. The van der Waals surface area contributed by atoms with E-state index in [1.807, 2.05) is 0 Å². The van der Waals surface area contributed by atoms with E-state index < -0.39 is 6.30 Å². The Balaban J connectivity index is 2.28. The van der Waals surface area contributed by atoms with Gasteiger partial charge in [-0.1, -0.05) is 15.9 Å². The van der Waals surface area contributed by atoms with Crippen LogP contribution in [0.2, 0.25) is 0 Å². The molecule has 1 heterocycles. The van der Waals surface area contributed by atoms with Gasteiger partial charge in [0.15, 0.2) is 0 Å². The van der Waals surface area contributed by atoms with Crippen molar-refractivity contribution in [2.45, 2.75) is 18.8 Å². The molecule has 6 heteroatoms. The second kappa shape index (κ2) is 4.61. The first-order valence-corrected chi connectivity index (χ1v) is 5.15. The van der Waals surface area contributed by atoms with Crippen molar-refractivity contribution in [3.8, 4) is 0 Å². The van der Waals surface area contributed by atoms with Crippen molar-refractivity contribution in [2.75, 3.05) is 25.0 Å². The average molecular weight is 262 g/mol. The van der Waals surface area contributed by atoms with Crippen molar-refractivity contribution in [3.05, 3.63) is 0 Å². The molecular weight excluding hydrogens is 251 g/mol. The first kappa shape index (κ1) is 11.3. The van der Waals surface area contributed by atoms with Crippen LogP contribution in [0.4, 0.5) is 13.2 Å². The van der Waals surface area contributed by atoms with Crippen LogP contribution in [-0.2, 0) is 4.74 Å².